The number of likely N-dealkylation sites (tertiary alicyclic amines) is 1. The molecule has 1 saturated carbocycles. The lowest BCUT2D eigenvalue weighted by Gasteiger charge is -2.19. The van der Waals surface area contributed by atoms with Gasteiger partial charge in [0.25, 0.3) is 0 Å². The summed E-state index contributed by atoms with van der Waals surface area (Å²) in [6.07, 6.45) is 0.380. The largest absolute Gasteiger partial charge is 0.351 e. The van der Waals surface area contributed by atoms with Gasteiger partial charge in [0.1, 0.15) is 0 Å². The van der Waals surface area contributed by atoms with Crippen LogP contribution in [0.25, 0.3) is 0 Å². The van der Waals surface area contributed by atoms with Gasteiger partial charge in [0.2, 0.25) is 5.91 Å². The first-order chi connectivity index (χ1) is 9.54. The SMILES string of the molecule is NC(=O)Nc1ccc(CC(=O)N2C[C@@H]3[C@@H](N)[C@@H]3C2)cc1. The highest BCUT2D eigenvalue weighted by atomic mass is 16.2. The Hall–Kier alpha value is -2.08. The van der Waals surface area contributed by atoms with E-state index in [-0.39, 0.29) is 5.91 Å². The zero-order valence-electron chi connectivity index (χ0n) is 11.1. The monoisotopic (exact) mass is 274 g/mol. The van der Waals surface area contributed by atoms with E-state index in [4.69, 9.17) is 11.5 Å². The second-order valence-corrected chi connectivity index (χ2v) is 5.57. The third-order valence-electron chi connectivity index (χ3n) is 4.19. The fourth-order valence-corrected chi connectivity index (χ4v) is 2.91. The van der Waals surface area contributed by atoms with Gasteiger partial charge in [0.15, 0.2) is 0 Å². The summed E-state index contributed by atoms with van der Waals surface area (Å²) in [5.74, 6) is 1.17. The van der Waals surface area contributed by atoms with Crippen LogP contribution in [0.15, 0.2) is 24.3 Å². The number of nitrogens with two attached hydrogens (primary N) is 2. The van der Waals surface area contributed by atoms with Crippen molar-refractivity contribution < 1.29 is 9.59 Å². The van der Waals surface area contributed by atoms with Gasteiger partial charge in [-0.25, -0.2) is 4.79 Å². The van der Waals surface area contributed by atoms with Crippen molar-refractivity contribution in [2.24, 2.45) is 23.3 Å². The molecule has 3 atom stereocenters. The van der Waals surface area contributed by atoms with Gasteiger partial charge < -0.3 is 21.7 Å². The van der Waals surface area contributed by atoms with Crippen LogP contribution in [0.1, 0.15) is 5.56 Å². The quantitative estimate of drug-likeness (QED) is 0.730. The molecule has 3 rings (SSSR count). The Kier molecular flexibility index (Phi) is 3.10. The van der Waals surface area contributed by atoms with Crippen molar-refractivity contribution >= 4 is 17.6 Å². The van der Waals surface area contributed by atoms with Crippen molar-refractivity contribution in [2.45, 2.75) is 12.5 Å². The number of primary amides is 1. The Labute approximate surface area is 117 Å². The van der Waals surface area contributed by atoms with E-state index in [9.17, 15) is 9.59 Å². The van der Waals surface area contributed by atoms with Crippen molar-refractivity contribution in [3.8, 4) is 0 Å². The summed E-state index contributed by atoms with van der Waals surface area (Å²) in [6, 6.07) is 6.84. The maximum atomic E-state index is 12.1. The molecule has 1 aromatic carbocycles. The van der Waals surface area contributed by atoms with Crippen LogP contribution in [0.4, 0.5) is 10.5 Å². The number of amides is 3. The van der Waals surface area contributed by atoms with Crippen LogP contribution in [-0.4, -0.2) is 36.0 Å². The number of nitrogens with zero attached hydrogens (tertiary/aromatic N) is 1. The van der Waals surface area contributed by atoms with Crippen LogP contribution in [0.2, 0.25) is 0 Å². The van der Waals surface area contributed by atoms with Gasteiger partial charge in [-0.3, -0.25) is 4.79 Å². The Balaban J connectivity index is 1.55. The van der Waals surface area contributed by atoms with Gasteiger partial charge in [0, 0.05) is 24.8 Å². The van der Waals surface area contributed by atoms with Gasteiger partial charge in [-0.15, -0.1) is 0 Å². The minimum atomic E-state index is -0.596. The molecule has 2 fully saturated rings. The number of carbonyl (C=O) groups excluding carboxylic acids is 2. The molecule has 5 N–H and O–H groups in total. The predicted octanol–water partition coefficient (Wildman–Crippen LogP) is 0.135. The normalized spacial score (nSPS) is 27.1. The zero-order chi connectivity index (χ0) is 14.3. The number of rotatable bonds is 3. The summed E-state index contributed by atoms with van der Waals surface area (Å²) in [5.41, 5.74) is 12.4. The third kappa shape index (κ3) is 2.46. The van der Waals surface area contributed by atoms with Crippen LogP contribution in [0.3, 0.4) is 0 Å². The molecule has 1 aliphatic heterocycles. The Morgan fingerprint density at radius 3 is 2.35 bits per heavy atom. The van der Waals surface area contributed by atoms with Crippen LogP contribution in [0, 0.1) is 11.8 Å². The summed E-state index contributed by atoms with van der Waals surface area (Å²) in [5, 5.41) is 2.49. The van der Waals surface area contributed by atoms with E-state index in [1.54, 1.807) is 12.1 Å². The highest BCUT2D eigenvalue weighted by Crippen LogP contribution is 2.43. The molecule has 6 nitrogen and oxygen atoms in total. The number of urea groups is 1. The molecule has 1 aromatic rings. The second-order valence-electron chi connectivity index (χ2n) is 5.57. The zero-order valence-corrected chi connectivity index (χ0v) is 11.1. The van der Waals surface area contributed by atoms with E-state index in [2.05, 4.69) is 5.32 Å². The van der Waals surface area contributed by atoms with Gasteiger partial charge in [0.05, 0.1) is 6.42 Å². The standard InChI is InChI=1S/C14H18N4O2/c15-13-10-6-18(7-11(10)13)12(19)5-8-1-3-9(4-2-8)17-14(16)20/h1-4,10-11,13H,5-7,15H2,(H3,16,17,20)/t10-,11+,13+. The van der Waals surface area contributed by atoms with Gasteiger partial charge >= 0.3 is 6.03 Å². The van der Waals surface area contributed by atoms with Crippen molar-refractivity contribution in [1.82, 2.24) is 4.90 Å². The number of anilines is 1. The van der Waals surface area contributed by atoms with E-state index in [1.165, 1.54) is 0 Å². The minimum Gasteiger partial charge on any atom is -0.351 e. The topological polar surface area (TPSA) is 101 Å². The number of piperidine rings is 1. The molecule has 1 heterocycles. The lowest BCUT2D eigenvalue weighted by atomic mass is 10.1. The Morgan fingerprint density at radius 1 is 1.20 bits per heavy atom. The van der Waals surface area contributed by atoms with Crippen molar-refractivity contribution in [2.75, 3.05) is 18.4 Å². The molecule has 20 heavy (non-hydrogen) atoms. The summed E-state index contributed by atoms with van der Waals surface area (Å²) in [7, 11) is 0. The van der Waals surface area contributed by atoms with Gasteiger partial charge in [-0.2, -0.15) is 0 Å². The number of nitrogens with one attached hydrogen (secondary N) is 1. The molecule has 6 heteroatoms. The third-order valence-corrected chi connectivity index (χ3v) is 4.19. The Bertz CT molecular complexity index is 531. The molecule has 106 valence electrons. The first-order valence-corrected chi connectivity index (χ1v) is 6.73. The molecule has 0 bridgehead atoms. The summed E-state index contributed by atoms with van der Waals surface area (Å²) < 4.78 is 0. The fraction of sp³-hybridized carbons (Fsp3) is 0.429. The second kappa shape index (κ2) is 4.79. The summed E-state index contributed by atoms with van der Waals surface area (Å²) in [6.45, 7) is 1.60. The highest BCUT2D eigenvalue weighted by molar-refractivity contribution is 5.87. The van der Waals surface area contributed by atoms with Crippen LogP contribution in [-0.2, 0) is 11.2 Å². The maximum Gasteiger partial charge on any atom is 0.316 e. The number of carbonyl (C=O) groups is 2. The first-order valence-electron chi connectivity index (χ1n) is 6.73. The lowest BCUT2D eigenvalue weighted by Crippen LogP contribution is -2.34. The van der Waals surface area contributed by atoms with Crippen molar-refractivity contribution in [3.63, 3.8) is 0 Å². The molecular weight excluding hydrogens is 256 g/mol. The minimum absolute atomic E-state index is 0.139. The van der Waals surface area contributed by atoms with Crippen LogP contribution >= 0.6 is 0 Å². The van der Waals surface area contributed by atoms with E-state index in [1.807, 2.05) is 17.0 Å². The van der Waals surface area contributed by atoms with E-state index < -0.39 is 6.03 Å². The molecule has 0 aromatic heterocycles. The summed E-state index contributed by atoms with van der Waals surface area (Å²) in [4.78, 5) is 24.7. The lowest BCUT2D eigenvalue weighted by molar-refractivity contribution is -0.129. The molecule has 0 spiro atoms. The molecular formula is C14H18N4O2. The molecule has 1 aliphatic carbocycles. The van der Waals surface area contributed by atoms with E-state index in [0.717, 1.165) is 18.7 Å². The number of benzene rings is 1. The Morgan fingerprint density at radius 2 is 1.80 bits per heavy atom. The van der Waals surface area contributed by atoms with E-state index >= 15 is 0 Å². The number of hydrogen-bond acceptors (Lipinski definition) is 3. The maximum absolute atomic E-state index is 12.1. The molecule has 3 amide bonds. The van der Waals surface area contributed by atoms with Gasteiger partial charge in [-0.1, -0.05) is 12.1 Å². The average Bonchev–Trinajstić information content (AvgIpc) is 2.85. The average molecular weight is 274 g/mol. The number of hydrogen-bond donors (Lipinski definition) is 3. The molecule has 0 unspecified atom stereocenters. The number of fused-ring (bicyclic) bond motifs is 1. The van der Waals surface area contributed by atoms with Gasteiger partial charge in [-0.05, 0) is 29.5 Å². The van der Waals surface area contributed by atoms with Crippen molar-refractivity contribution in [1.29, 1.82) is 0 Å². The molecule has 0 radical (unpaired) electrons. The van der Waals surface area contributed by atoms with Crippen molar-refractivity contribution in [3.05, 3.63) is 29.8 Å². The van der Waals surface area contributed by atoms with E-state index in [0.29, 0.717) is 30.0 Å². The molecule has 1 saturated heterocycles. The first kappa shape index (κ1) is 12.9. The van der Waals surface area contributed by atoms with Crippen LogP contribution < -0.4 is 16.8 Å². The highest BCUT2D eigenvalue weighted by Gasteiger charge is 2.54. The fourth-order valence-electron chi connectivity index (χ4n) is 2.91. The summed E-state index contributed by atoms with van der Waals surface area (Å²) >= 11 is 0. The van der Waals surface area contributed by atoms with Crippen LogP contribution in [0.5, 0.6) is 0 Å². The smallest absolute Gasteiger partial charge is 0.316 e. The predicted molar refractivity (Wildman–Crippen MR) is 74.9 cm³/mol. The molecule has 2 aliphatic rings.